The molecule has 0 atom stereocenters. The third kappa shape index (κ3) is 3.86. The second-order valence-corrected chi connectivity index (χ2v) is 6.53. The fraction of sp³-hybridized carbons (Fsp3) is 0.318. The second kappa shape index (κ2) is 9.90. The Morgan fingerprint density at radius 3 is 1.38 bits per heavy atom. The highest BCUT2D eigenvalue weighted by atomic mass is 16.5. The van der Waals surface area contributed by atoms with Gasteiger partial charge in [0.1, 0.15) is 5.41 Å². The Hall–Kier alpha value is -3.95. The first-order valence-electron chi connectivity index (χ1n) is 9.20. The number of carbonyl (C=O) groups is 5. The number of ether oxygens (including phenoxy) is 5. The highest BCUT2D eigenvalue weighted by Crippen LogP contribution is 2.52. The first-order chi connectivity index (χ1) is 15.2. The van der Waals surface area contributed by atoms with Gasteiger partial charge in [0.2, 0.25) is 0 Å². The van der Waals surface area contributed by atoms with Crippen LogP contribution in [0.5, 0.6) is 0 Å². The van der Waals surface area contributed by atoms with Crippen molar-refractivity contribution in [2.75, 3.05) is 35.5 Å². The lowest BCUT2D eigenvalue weighted by Crippen LogP contribution is -2.43. The Kier molecular flexibility index (Phi) is 7.53. The van der Waals surface area contributed by atoms with Gasteiger partial charge >= 0.3 is 29.8 Å². The topological polar surface area (TPSA) is 132 Å². The lowest BCUT2D eigenvalue weighted by atomic mass is 9.71. The molecule has 0 unspecified atom stereocenters. The molecule has 1 aromatic carbocycles. The van der Waals surface area contributed by atoms with Crippen LogP contribution in [0.4, 0.5) is 0 Å². The summed E-state index contributed by atoms with van der Waals surface area (Å²) in [7, 11) is 5.08. The minimum absolute atomic E-state index is 0.337. The van der Waals surface area contributed by atoms with Gasteiger partial charge in [0.05, 0.1) is 57.8 Å². The lowest BCUT2D eigenvalue weighted by molar-refractivity contribution is -0.154. The van der Waals surface area contributed by atoms with Crippen LogP contribution >= 0.6 is 0 Å². The summed E-state index contributed by atoms with van der Waals surface area (Å²) < 4.78 is 24.1. The molecule has 0 aliphatic heterocycles. The van der Waals surface area contributed by atoms with Gasteiger partial charge < -0.3 is 23.7 Å². The largest absolute Gasteiger partial charge is 0.468 e. The number of carbonyl (C=O) groups excluding carboxylic acids is 5. The van der Waals surface area contributed by atoms with E-state index in [0.29, 0.717) is 5.56 Å². The molecule has 1 aliphatic carbocycles. The van der Waals surface area contributed by atoms with Gasteiger partial charge in [0, 0.05) is 0 Å². The zero-order valence-electron chi connectivity index (χ0n) is 18.2. The van der Waals surface area contributed by atoms with Crippen molar-refractivity contribution in [3.8, 4) is 0 Å². The summed E-state index contributed by atoms with van der Waals surface area (Å²) in [5.74, 6) is -5.71. The van der Waals surface area contributed by atoms with Crippen LogP contribution < -0.4 is 0 Å². The zero-order chi connectivity index (χ0) is 24.1. The molecule has 0 spiro atoms. The second-order valence-electron chi connectivity index (χ2n) is 6.53. The highest BCUT2D eigenvalue weighted by molar-refractivity contribution is 6.23. The maximum absolute atomic E-state index is 13.3. The van der Waals surface area contributed by atoms with E-state index in [1.165, 1.54) is 0 Å². The van der Waals surface area contributed by atoms with Crippen molar-refractivity contribution in [1.29, 1.82) is 0 Å². The molecule has 2 rings (SSSR count). The minimum atomic E-state index is -2.26. The summed E-state index contributed by atoms with van der Waals surface area (Å²) in [6.07, 6.45) is -0.337. The van der Waals surface area contributed by atoms with Gasteiger partial charge in [-0.2, -0.15) is 0 Å². The summed E-state index contributed by atoms with van der Waals surface area (Å²) in [5.41, 5.74) is -4.26. The molecule has 0 saturated heterocycles. The molecule has 0 fully saturated rings. The Balaban J connectivity index is 3.13. The van der Waals surface area contributed by atoms with Gasteiger partial charge in [0.25, 0.3) is 0 Å². The number of methoxy groups -OCH3 is 5. The first-order valence-corrected chi connectivity index (χ1v) is 9.20. The number of hydrogen-bond acceptors (Lipinski definition) is 10. The highest BCUT2D eigenvalue weighted by Gasteiger charge is 2.62. The lowest BCUT2D eigenvalue weighted by Gasteiger charge is -2.30. The van der Waals surface area contributed by atoms with E-state index in [1.54, 1.807) is 30.3 Å². The van der Waals surface area contributed by atoms with Gasteiger partial charge in [-0.05, 0) is 12.0 Å². The monoisotopic (exact) mass is 446 g/mol. The maximum Gasteiger partial charge on any atom is 0.339 e. The van der Waals surface area contributed by atoms with E-state index in [0.717, 1.165) is 35.5 Å². The summed E-state index contributed by atoms with van der Waals surface area (Å²) in [4.78, 5) is 64.7. The van der Waals surface area contributed by atoms with Crippen LogP contribution in [0.25, 0.3) is 0 Å². The quantitative estimate of drug-likeness (QED) is 0.435. The van der Waals surface area contributed by atoms with Crippen molar-refractivity contribution < 1.29 is 47.7 Å². The predicted octanol–water partition coefficient (Wildman–Crippen LogP) is 0.687. The maximum atomic E-state index is 13.3. The van der Waals surface area contributed by atoms with Gasteiger partial charge in [-0.25, -0.2) is 19.2 Å². The Bertz CT molecular complexity index is 964. The summed E-state index contributed by atoms with van der Waals surface area (Å²) in [6.45, 7) is 0. The molecular weight excluding hydrogens is 424 g/mol. The Labute approximate surface area is 183 Å². The number of esters is 5. The zero-order valence-corrected chi connectivity index (χ0v) is 18.2. The van der Waals surface area contributed by atoms with Crippen LogP contribution in [0.1, 0.15) is 5.56 Å². The number of benzene rings is 1. The van der Waals surface area contributed by atoms with Crippen LogP contribution in [0.3, 0.4) is 0 Å². The van der Waals surface area contributed by atoms with Crippen molar-refractivity contribution in [2.45, 2.75) is 6.42 Å². The molecule has 170 valence electrons. The summed E-state index contributed by atoms with van der Waals surface area (Å²) in [6, 6.07) is 8.31. The Morgan fingerprint density at radius 1 is 0.625 bits per heavy atom. The SMILES string of the molecule is COC(=O)C1=C(C(=O)OC)C(Cc2ccccc2)(C(=O)OC)C(C(=O)OC)=C1C(=O)OC. The molecule has 0 heterocycles. The molecule has 10 heteroatoms. The van der Waals surface area contributed by atoms with Crippen LogP contribution in [0, 0.1) is 5.41 Å². The van der Waals surface area contributed by atoms with E-state index in [2.05, 4.69) is 0 Å². The van der Waals surface area contributed by atoms with Crippen molar-refractivity contribution in [3.05, 3.63) is 58.2 Å². The number of rotatable bonds is 7. The van der Waals surface area contributed by atoms with E-state index in [4.69, 9.17) is 23.7 Å². The van der Waals surface area contributed by atoms with Gasteiger partial charge in [-0.3, -0.25) is 4.79 Å². The van der Waals surface area contributed by atoms with Gasteiger partial charge in [0.15, 0.2) is 0 Å². The average molecular weight is 446 g/mol. The van der Waals surface area contributed by atoms with Crippen LogP contribution in [-0.2, 0) is 54.1 Å². The average Bonchev–Trinajstić information content (AvgIpc) is 3.13. The Morgan fingerprint density at radius 2 is 1.03 bits per heavy atom. The molecule has 10 nitrogen and oxygen atoms in total. The standard InChI is InChI=1S/C22H22O10/c1-28-17(23)13-14(18(24)29-2)16(20(26)31-4)22(21(27)32-5,15(13)19(25)30-3)11-12-9-7-6-8-10-12/h6-10H,11H2,1-5H3. The van der Waals surface area contributed by atoms with E-state index >= 15 is 0 Å². The summed E-state index contributed by atoms with van der Waals surface area (Å²) >= 11 is 0. The normalized spacial score (nSPS) is 14.5. The molecule has 0 aromatic heterocycles. The predicted molar refractivity (Wildman–Crippen MR) is 107 cm³/mol. The molecule has 0 N–H and O–H groups in total. The first kappa shape index (κ1) is 24.3. The van der Waals surface area contributed by atoms with E-state index in [-0.39, 0.29) is 6.42 Å². The van der Waals surface area contributed by atoms with E-state index < -0.39 is 57.6 Å². The van der Waals surface area contributed by atoms with Gasteiger partial charge in [-0.1, -0.05) is 30.3 Å². The third-order valence-corrected chi connectivity index (χ3v) is 5.01. The smallest absolute Gasteiger partial charge is 0.339 e. The van der Waals surface area contributed by atoms with Crippen LogP contribution in [0.15, 0.2) is 52.6 Å². The van der Waals surface area contributed by atoms with E-state index in [1.807, 2.05) is 0 Å². The van der Waals surface area contributed by atoms with Crippen LogP contribution in [0.2, 0.25) is 0 Å². The molecule has 1 aliphatic rings. The fourth-order valence-electron chi connectivity index (χ4n) is 3.70. The van der Waals surface area contributed by atoms with Crippen LogP contribution in [-0.4, -0.2) is 65.4 Å². The molecular formula is C22H22O10. The van der Waals surface area contributed by atoms with Crippen molar-refractivity contribution in [3.63, 3.8) is 0 Å². The molecule has 32 heavy (non-hydrogen) atoms. The molecule has 1 aromatic rings. The molecule has 0 amide bonds. The van der Waals surface area contributed by atoms with Gasteiger partial charge in [-0.15, -0.1) is 0 Å². The molecule has 0 radical (unpaired) electrons. The fourth-order valence-corrected chi connectivity index (χ4v) is 3.70. The molecule has 0 saturated carbocycles. The summed E-state index contributed by atoms with van der Waals surface area (Å²) in [5, 5.41) is 0. The third-order valence-electron chi connectivity index (χ3n) is 5.01. The van der Waals surface area contributed by atoms with Crippen molar-refractivity contribution in [1.82, 2.24) is 0 Å². The van der Waals surface area contributed by atoms with Crippen molar-refractivity contribution in [2.24, 2.45) is 5.41 Å². The molecule has 0 bridgehead atoms. The minimum Gasteiger partial charge on any atom is -0.468 e. The number of hydrogen-bond donors (Lipinski definition) is 0. The van der Waals surface area contributed by atoms with Crippen molar-refractivity contribution >= 4 is 29.8 Å². The van der Waals surface area contributed by atoms with E-state index in [9.17, 15) is 24.0 Å².